The Balaban J connectivity index is 1.37. The molecule has 0 bridgehead atoms. The minimum absolute atomic E-state index is 0.210. The number of para-hydroxylation sites is 1. The fraction of sp³-hybridized carbons (Fsp3) is 0.353. The Hall–Kier alpha value is -2.83. The summed E-state index contributed by atoms with van der Waals surface area (Å²) in [5.41, 5.74) is 2.24. The molecule has 4 rings (SSSR count). The summed E-state index contributed by atoms with van der Waals surface area (Å²) in [6.07, 6.45) is 5.46. The van der Waals surface area contributed by atoms with E-state index < -0.39 is 0 Å². The summed E-state index contributed by atoms with van der Waals surface area (Å²) in [6, 6.07) is 8.37. The van der Waals surface area contributed by atoms with Crippen LogP contribution < -0.4 is 10.1 Å². The summed E-state index contributed by atoms with van der Waals surface area (Å²) in [5.74, 6) is 1.38. The molecule has 1 aromatic carbocycles. The van der Waals surface area contributed by atoms with Gasteiger partial charge in [-0.2, -0.15) is 5.10 Å². The second-order valence-electron chi connectivity index (χ2n) is 5.83. The highest BCUT2D eigenvalue weighted by Crippen LogP contribution is 2.36. The Kier molecular flexibility index (Phi) is 3.90. The summed E-state index contributed by atoms with van der Waals surface area (Å²) >= 11 is 0. The molecule has 7 nitrogen and oxygen atoms in total. The smallest absolute Gasteiger partial charge is 0.315 e. The Labute approximate surface area is 139 Å². The van der Waals surface area contributed by atoms with Gasteiger partial charge in [0.05, 0.1) is 6.20 Å². The molecule has 7 heteroatoms. The maximum atomic E-state index is 5.86. The van der Waals surface area contributed by atoms with Gasteiger partial charge in [0, 0.05) is 31.3 Å². The van der Waals surface area contributed by atoms with Crippen LogP contribution in [-0.4, -0.2) is 20.0 Å². The van der Waals surface area contributed by atoms with Gasteiger partial charge in [-0.25, -0.2) is 0 Å². The molecule has 1 unspecified atom stereocenters. The van der Waals surface area contributed by atoms with E-state index in [2.05, 4.69) is 33.6 Å². The van der Waals surface area contributed by atoms with Gasteiger partial charge in [-0.15, -0.1) is 5.10 Å². The van der Waals surface area contributed by atoms with Gasteiger partial charge >= 0.3 is 6.01 Å². The van der Waals surface area contributed by atoms with Crippen molar-refractivity contribution in [3.8, 4) is 5.75 Å². The Morgan fingerprint density at radius 1 is 1.29 bits per heavy atom. The molecule has 0 aliphatic carbocycles. The predicted molar refractivity (Wildman–Crippen MR) is 87.7 cm³/mol. The quantitative estimate of drug-likeness (QED) is 0.751. The molecular weight excluding hydrogens is 306 g/mol. The van der Waals surface area contributed by atoms with Gasteiger partial charge in [-0.1, -0.05) is 30.2 Å². The Bertz CT molecular complexity index is 801. The number of aromatic nitrogens is 4. The van der Waals surface area contributed by atoms with Gasteiger partial charge in [-0.3, -0.25) is 4.68 Å². The first-order valence-electron chi connectivity index (χ1n) is 8.15. The van der Waals surface area contributed by atoms with Gasteiger partial charge in [0.1, 0.15) is 5.75 Å². The van der Waals surface area contributed by atoms with E-state index >= 15 is 0 Å². The summed E-state index contributed by atoms with van der Waals surface area (Å²) in [6.45, 7) is 3.64. The standard InChI is InChI=1S/C17H19N5O2/c1-2-7-22-11-12(10-19-22)9-18-17-21-20-16(24-17)15-8-13-5-3-4-6-14(13)23-15/h3-6,10-11,15H,2,7-9H2,1H3,(H,18,21). The molecule has 2 aromatic heterocycles. The van der Waals surface area contributed by atoms with Gasteiger partial charge in [0.15, 0.2) is 6.10 Å². The monoisotopic (exact) mass is 325 g/mol. The largest absolute Gasteiger partial charge is 0.480 e. The van der Waals surface area contributed by atoms with Crippen LogP contribution in [0.2, 0.25) is 0 Å². The first kappa shape index (κ1) is 14.7. The molecular formula is C17H19N5O2. The zero-order valence-electron chi connectivity index (χ0n) is 13.5. The lowest BCUT2D eigenvalue weighted by atomic mass is 10.1. The van der Waals surface area contributed by atoms with E-state index in [-0.39, 0.29) is 6.10 Å². The van der Waals surface area contributed by atoms with E-state index in [0.717, 1.165) is 30.7 Å². The van der Waals surface area contributed by atoms with E-state index in [1.54, 1.807) is 0 Å². The molecule has 0 saturated heterocycles. The van der Waals surface area contributed by atoms with Crippen molar-refractivity contribution >= 4 is 6.01 Å². The zero-order valence-corrected chi connectivity index (χ0v) is 13.5. The van der Waals surface area contributed by atoms with Crippen LogP contribution >= 0.6 is 0 Å². The number of ether oxygens (including phenoxy) is 1. The SMILES string of the molecule is CCCn1cc(CNc2nnc(C3Cc4ccccc4O3)o2)cn1. The summed E-state index contributed by atoms with van der Waals surface area (Å²) < 4.78 is 13.5. The molecule has 0 amide bonds. The number of benzene rings is 1. The highest BCUT2D eigenvalue weighted by atomic mass is 16.5. The Morgan fingerprint density at radius 3 is 3.08 bits per heavy atom. The molecule has 0 spiro atoms. The van der Waals surface area contributed by atoms with Crippen LogP contribution in [0.15, 0.2) is 41.1 Å². The number of nitrogens with zero attached hydrogens (tertiary/aromatic N) is 4. The maximum Gasteiger partial charge on any atom is 0.315 e. The normalized spacial score (nSPS) is 16.0. The number of nitrogens with one attached hydrogen (secondary N) is 1. The van der Waals surface area contributed by atoms with Crippen LogP contribution in [0.3, 0.4) is 0 Å². The van der Waals surface area contributed by atoms with E-state index in [9.17, 15) is 0 Å². The van der Waals surface area contributed by atoms with E-state index in [1.165, 1.54) is 5.56 Å². The van der Waals surface area contributed by atoms with Crippen LogP contribution in [0.25, 0.3) is 0 Å². The van der Waals surface area contributed by atoms with Crippen LogP contribution in [0.4, 0.5) is 6.01 Å². The average Bonchev–Trinajstić information content (AvgIpc) is 3.32. The molecule has 1 atom stereocenters. The van der Waals surface area contributed by atoms with Gasteiger partial charge in [0.2, 0.25) is 0 Å². The Morgan fingerprint density at radius 2 is 2.21 bits per heavy atom. The molecule has 0 fully saturated rings. The fourth-order valence-electron chi connectivity index (χ4n) is 2.78. The molecule has 24 heavy (non-hydrogen) atoms. The molecule has 1 aliphatic heterocycles. The van der Waals surface area contributed by atoms with Crippen LogP contribution in [-0.2, 0) is 19.5 Å². The highest BCUT2D eigenvalue weighted by Gasteiger charge is 2.28. The van der Waals surface area contributed by atoms with Crippen molar-refractivity contribution in [3.63, 3.8) is 0 Å². The summed E-state index contributed by atoms with van der Waals surface area (Å²) in [5, 5.41) is 15.6. The number of hydrogen-bond donors (Lipinski definition) is 1. The topological polar surface area (TPSA) is 78.0 Å². The van der Waals surface area contributed by atoms with E-state index in [4.69, 9.17) is 9.15 Å². The van der Waals surface area contributed by atoms with Crippen molar-refractivity contribution in [3.05, 3.63) is 53.7 Å². The van der Waals surface area contributed by atoms with Crippen molar-refractivity contribution < 1.29 is 9.15 Å². The number of hydrogen-bond acceptors (Lipinski definition) is 6. The third-order valence-electron chi connectivity index (χ3n) is 3.95. The second-order valence-corrected chi connectivity index (χ2v) is 5.83. The summed E-state index contributed by atoms with van der Waals surface area (Å²) in [7, 11) is 0. The number of anilines is 1. The average molecular weight is 325 g/mol. The lowest BCUT2D eigenvalue weighted by Gasteiger charge is -2.04. The van der Waals surface area contributed by atoms with Gasteiger partial charge < -0.3 is 14.5 Å². The third kappa shape index (κ3) is 2.97. The molecule has 3 heterocycles. The van der Waals surface area contributed by atoms with Crippen LogP contribution in [0.5, 0.6) is 5.75 Å². The fourth-order valence-corrected chi connectivity index (χ4v) is 2.78. The first-order chi connectivity index (χ1) is 11.8. The van der Waals surface area contributed by atoms with Crippen molar-refractivity contribution in [1.82, 2.24) is 20.0 Å². The van der Waals surface area contributed by atoms with Gasteiger partial charge in [-0.05, 0) is 18.1 Å². The third-order valence-corrected chi connectivity index (χ3v) is 3.95. The molecule has 1 N–H and O–H groups in total. The van der Waals surface area contributed by atoms with Gasteiger partial charge in [0.25, 0.3) is 5.89 Å². The minimum Gasteiger partial charge on any atom is -0.480 e. The molecule has 1 aliphatic rings. The molecule has 0 radical (unpaired) electrons. The van der Waals surface area contributed by atoms with E-state index in [0.29, 0.717) is 18.5 Å². The van der Waals surface area contributed by atoms with Crippen molar-refractivity contribution in [2.45, 2.75) is 39.0 Å². The molecule has 3 aromatic rings. The lowest BCUT2D eigenvalue weighted by molar-refractivity contribution is 0.199. The number of fused-ring (bicyclic) bond motifs is 1. The second kappa shape index (κ2) is 6.35. The van der Waals surface area contributed by atoms with Crippen molar-refractivity contribution in [1.29, 1.82) is 0 Å². The van der Waals surface area contributed by atoms with Crippen LogP contribution in [0, 0.1) is 0 Å². The molecule has 124 valence electrons. The van der Waals surface area contributed by atoms with Crippen LogP contribution in [0.1, 0.15) is 36.5 Å². The maximum absolute atomic E-state index is 5.86. The zero-order chi connectivity index (χ0) is 16.4. The van der Waals surface area contributed by atoms with E-state index in [1.807, 2.05) is 35.3 Å². The summed E-state index contributed by atoms with van der Waals surface area (Å²) in [4.78, 5) is 0. The van der Waals surface area contributed by atoms with Crippen molar-refractivity contribution in [2.75, 3.05) is 5.32 Å². The molecule has 0 saturated carbocycles. The first-order valence-corrected chi connectivity index (χ1v) is 8.15. The predicted octanol–water partition coefficient (Wildman–Crippen LogP) is 2.96. The van der Waals surface area contributed by atoms with Crippen molar-refractivity contribution in [2.24, 2.45) is 0 Å². The minimum atomic E-state index is -0.210. The number of aryl methyl sites for hydroxylation is 1. The highest BCUT2D eigenvalue weighted by molar-refractivity contribution is 5.38. The lowest BCUT2D eigenvalue weighted by Crippen LogP contribution is -2.03. The number of rotatable bonds is 6.